The number of rotatable bonds is 0. The van der Waals surface area contributed by atoms with Gasteiger partial charge in [-0.15, -0.1) is 13.2 Å². The van der Waals surface area contributed by atoms with Crippen molar-refractivity contribution in [2.75, 3.05) is 13.2 Å². The van der Waals surface area contributed by atoms with Gasteiger partial charge in [0.2, 0.25) is 0 Å². The zero-order chi connectivity index (χ0) is 5.54. The zero-order valence-electron chi connectivity index (χ0n) is 5.00. The SMILES string of the molecule is C1CCOC1.C=C.[Xe]. The Morgan fingerprint density at radius 3 is 1.50 bits per heavy atom. The minimum Gasteiger partial charge on any atom is -0.381 e. The van der Waals surface area contributed by atoms with Crippen LogP contribution in [0.2, 0.25) is 0 Å². The summed E-state index contributed by atoms with van der Waals surface area (Å²) in [4.78, 5) is 0. The third-order valence-electron chi connectivity index (χ3n) is 0.827. The number of ether oxygens (including phenoxy) is 1. The van der Waals surface area contributed by atoms with E-state index in [4.69, 9.17) is 4.74 Å². The Morgan fingerprint density at radius 1 is 1.00 bits per heavy atom. The Balaban J connectivity index is 0. The summed E-state index contributed by atoms with van der Waals surface area (Å²) >= 11 is 0. The Labute approximate surface area is 91.6 Å². The first-order chi connectivity index (χ1) is 3.50. The Bertz CT molecular complexity index is 27.9. The molecule has 0 aromatic heterocycles. The van der Waals surface area contributed by atoms with Crippen LogP contribution in [0.15, 0.2) is 13.2 Å². The summed E-state index contributed by atoms with van der Waals surface area (Å²) < 4.78 is 4.94. The first kappa shape index (κ1) is 12.0. The van der Waals surface area contributed by atoms with E-state index in [1.54, 1.807) is 0 Å². The minimum atomic E-state index is 0. The summed E-state index contributed by atoms with van der Waals surface area (Å²) in [5.74, 6) is 0. The molecule has 0 atom stereocenters. The third-order valence-corrected chi connectivity index (χ3v) is 0.827. The predicted octanol–water partition coefficient (Wildman–Crippen LogP) is 1.60. The van der Waals surface area contributed by atoms with Crippen LogP contribution in [-0.2, 0) is 4.74 Å². The first-order valence-corrected chi connectivity index (χ1v) is 2.58. The molecule has 1 rings (SSSR count). The summed E-state index contributed by atoms with van der Waals surface area (Å²) in [6, 6.07) is 0. The molecule has 0 radical (unpaired) electrons. The zero-order valence-corrected chi connectivity index (χ0v) is 7.02. The van der Waals surface area contributed by atoms with Gasteiger partial charge >= 0.3 is 0 Å². The Hall–Kier alpha value is 1.27. The molecule has 1 heterocycles. The molecule has 0 N–H and O–H groups in total. The van der Waals surface area contributed by atoms with Gasteiger partial charge in [0.1, 0.15) is 0 Å². The van der Waals surface area contributed by atoms with E-state index in [0.29, 0.717) is 0 Å². The molecule has 2 heteroatoms. The molecule has 0 spiro atoms. The molecule has 0 aromatic rings. The third kappa shape index (κ3) is 7.27. The van der Waals surface area contributed by atoms with Gasteiger partial charge in [-0.05, 0) is 12.8 Å². The largest absolute Gasteiger partial charge is 0.381 e. The van der Waals surface area contributed by atoms with E-state index in [0.717, 1.165) is 13.2 Å². The smallest absolute Gasteiger partial charge is 0.0466 e. The molecule has 1 nitrogen and oxygen atoms in total. The normalized spacial score (nSPS) is 15.5. The molecule has 1 aliphatic heterocycles. The summed E-state index contributed by atoms with van der Waals surface area (Å²) in [7, 11) is 0. The van der Waals surface area contributed by atoms with Gasteiger partial charge in [-0.1, -0.05) is 0 Å². The molecular weight excluding hydrogens is 219 g/mol. The van der Waals surface area contributed by atoms with Crippen molar-refractivity contribution >= 4 is 0 Å². The molecule has 0 aliphatic carbocycles. The maximum absolute atomic E-state index is 4.94. The van der Waals surface area contributed by atoms with Crippen LogP contribution in [0.25, 0.3) is 0 Å². The van der Waals surface area contributed by atoms with Crippen LogP contribution in [-0.4, -0.2) is 13.2 Å². The van der Waals surface area contributed by atoms with Gasteiger partial charge in [-0.25, -0.2) is 0 Å². The fourth-order valence-corrected chi connectivity index (χ4v) is 0.510. The first-order valence-electron chi connectivity index (χ1n) is 2.58. The number of hydrogen-bond acceptors (Lipinski definition) is 1. The van der Waals surface area contributed by atoms with Crippen molar-refractivity contribution < 1.29 is 53.6 Å². The van der Waals surface area contributed by atoms with E-state index in [9.17, 15) is 0 Å². The molecular formula is C6H12OXe. The van der Waals surface area contributed by atoms with Crippen LogP contribution < -0.4 is 0 Å². The summed E-state index contributed by atoms with van der Waals surface area (Å²) in [6.07, 6.45) is 2.56. The molecule has 1 fully saturated rings. The van der Waals surface area contributed by atoms with Crippen LogP contribution in [0.3, 0.4) is 0 Å². The summed E-state index contributed by atoms with van der Waals surface area (Å²) in [6.45, 7) is 8.00. The monoisotopic (exact) mass is 232 g/mol. The second-order valence-corrected chi connectivity index (χ2v) is 1.32. The van der Waals surface area contributed by atoms with Crippen molar-refractivity contribution in [2.45, 2.75) is 12.8 Å². The molecule has 0 bridgehead atoms. The quantitative estimate of drug-likeness (QED) is 0.576. The van der Waals surface area contributed by atoms with Crippen LogP contribution in [0.5, 0.6) is 0 Å². The van der Waals surface area contributed by atoms with E-state index in [1.165, 1.54) is 12.8 Å². The van der Waals surface area contributed by atoms with Gasteiger partial charge in [0, 0.05) is 62.1 Å². The standard InChI is InChI=1S/C4H8O.C2H4.Xe/c1-2-4-5-3-1;1-2;/h1-4H2;1-2H2;. The van der Waals surface area contributed by atoms with Crippen LogP contribution in [0.4, 0.5) is 0 Å². The molecule has 0 amide bonds. The van der Waals surface area contributed by atoms with Crippen molar-refractivity contribution in [2.24, 2.45) is 0 Å². The van der Waals surface area contributed by atoms with E-state index in [1.807, 2.05) is 0 Å². The molecule has 1 saturated heterocycles. The van der Waals surface area contributed by atoms with Gasteiger partial charge in [-0.3, -0.25) is 0 Å². The van der Waals surface area contributed by atoms with Crippen LogP contribution in [0, 0.1) is 48.9 Å². The van der Waals surface area contributed by atoms with Gasteiger partial charge in [0.15, 0.2) is 0 Å². The van der Waals surface area contributed by atoms with Crippen molar-refractivity contribution in [3.05, 3.63) is 13.2 Å². The molecule has 8 heavy (non-hydrogen) atoms. The van der Waals surface area contributed by atoms with Gasteiger partial charge in [0.05, 0.1) is 0 Å². The minimum absolute atomic E-state index is 0. The van der Waals surface area contributed by atoms with E-state index in [-0.39, 0.29) is 48.9 Å². The molecule has 0 aromatic carbocycles. The van der Waals surface area contributed by atoms with Crippen molar-refractivity contribution in [3.8, 4) is 0 Å². The summed E-state index contributed by atoms with van der Waals surface area (Å²) in [5.41, 5.74) is 0. The van der Waals surface area contributed by atoms with Gasteiger partial charge in [-0.2, -0.15) is 0 Å². The predicted molar refractivity (Wildman–Crippen MR) is 31.3 cm³/mol. The molecule has 1 aliphatic rings. The second kappa shape index (κ2) is 11.1. The van der Waals surface area contributed by atoms with Crippen molar-refractivity contribution in [1.29, 1.82) is 0 Å². The molecule has 0 unspecified atom stereocenters. The van der Waals surface area contributed by atoms with Crippen LogP contribution in [0.1, 0.15) is 12.8 Å². The topological polar surface area (TPSA) is 9.23 Å². The van der Waals surface area contributed by atoms with Crippen LogP contribution >= 0.6 is 0 Å². The fourth-order valence-electron chi connectivity index (χ4n) is 0.510. The maximum Gasteiger partial charge on any atom is 0.0466 e. The maximum atomic E-state index is 4.94. The van der Waals surface area contributed by atoms with E-state index < -0.39 is 0 Å². The fraction of sp³-hybridized carbons (Fsp3) is 0.667. The molecule has 50 valence electrons. The Morgan fingerprint density at radius 2 is 1.38 bits per heavy atom. The Kier molecular flexibility index (Phi) is 16.7. The average Bonchev–Trinajstić information content (AvgIpc) is 2.23. The summed E-state index contributed by atoms with van der Waals surface area (Å²) in [5, 5.41) is 0. The van der Waals surface area contributed by atoms with Crippen molar-refractivity contribution in [1.82, 2.24) is 0 Å². The van der Waals surface area contributed by atoms with Crippen molar-refractivity contribution in [3.63, 3.8) is 0 Å². The van der Waals surface area contributed by atoms with E-state index >= 15 is 0 Å². The average molecular weight is 231 g/mol. The van der Waals surface area contributed by atoms with Gasteiger partial charge < -0.3 is 4.74 Å². The van der Waals surface area contributed by atoms with E-state index in [2.05, 4.69) is 13.2 Å². The molecule has 0 saturated carbocycles. The van der Waals surface area contributed by atoms with Gasteiger partial charge in [0.25, 0.3) is 0 Å². The number of hydrogen-bond donors (Lipinski definition) is 0. The second-order valence-electron chi connectivity index (χ2n) is 1.32.